The van der Waals surface area contributed by atoms with Gasteiger partial charge in [-0.3, -0.25) is 25.0 Å². The number of benzene rings is 1. The van der Waals surface area contributed by atoms with E-state index >= 15 is 0 Å². The van der Waals surface area contributed by atoms with Gasteiger partial charge in [0.15, 0.2) is 5.96 Å². The van der Waals surface area contributed by atoms with Crippen molar-refractivity contribution in [3.8, 4) is 5.69 Å². The van der Waals surface area contributed by atoms with Gasteiger partial charge in [-0.2, -0.15) is 4.98 Å². The van der Waals surface area contributed by atoms with Crippen LogP contribution in [-0.4, -0.2) is 93.0 Å². The minimum absolute atomic E-state index is 0.00818. The standard InChI is InChI=1S/C26H38N10O3/c1-26(2,29)22(37)34-12-14-35(15-13-34)24(38)31-21-8-11-36(25(39)32-21)20-5-3-4-18(16-20)17-33-9-6-19(7-10-33)30-23(27)28/h3-5,8,11,16,19H,6-7,9-10,12-15,17,29H2,1-2H3,(H4,27,28,30)(H,31,32,38,39). The maximum Gasteiger partial charge on any atom is 0.354 e. The third kappa shape index (κ3) is 7.33. The van der Waals surface area contributed by atoms with Gasteiger partial charge in [0, 0.05) is 58.1 Å². The van der Waals surface area contributed by atoms with E-state index in [9.17, 15) is 14.4 Å². The SMILES string of the molecule is CC(C)(N)C(=O)N1CCN(C(=O)Nc2ccn(-c3cccc(CN4CCC(NC(=N)N)CC4)c3)c(=O)n2)CC1. The van der Waals surface area contributed by atoms with E-state index in [-0.39, 0.29) is 29.8 Å². The number of urea groups is 1. The van der Waals surface area contributed by atoms with Gasteiger partial charge in [0.25, 0.3) is 0 Å². The van der Waals surface area contributed by atoms with E-state index in [1.807, 2.05) is 24.3 Å². The highest BCUT2D eigenvalue weighted by molar-refractivity contribution is 5.89. The molecule has 7 N–H and O–H groups in total. The van der Waals surface area contributed by atoms with Gasteiger partial charge in [-0.1, -0.05) is 12.1 Å². The number of nitrogens with zero attached hydrogens (tertiary/aromatic N) is 5. The second kappa shape index (κ2) is 11.8. The lowest BCUT2D eigenvalue weighted by Gasteiger charge is -2.37. The molecular formula is C26H38N10O3. The van der Waals surface area contributed by atoms with Crippen molar-refractivity contribution < 1.29 is 9.59 Å². The third-order valence-electron chi connectivity index (χ3n) is 6.99. The zero-order valence-electron chi connectivity index (χ0n) is 22.5. The molecule has 4 rings (SSSR count). The molecule has 13 heteroatoms. The number of nitrogens with one attached hydrogen (secondary N) is 3. The van der Waals surface area contributed by atoms with E-state index in [2.05, 4.69) is 20.5 Å². The Balaban J connectivity index is 1.33. The molecule has 0 radical (unpaired) electrons. The van der Waals surface area contributed by atoms with E-state index in [1.54, 1.807) is 35.9 Å². The zero-order chi connectivity index (χ0) is 28.2. The molecule has 0 saturated carbocycles. The summed E-state index contributed by atoms with van der Waals surface area (Å²) in [6.07, 6.45) is 3.42. The molecule has 39 heavy (non-hydrogen) atoms. The number of anilines is 1. The van der Waals surface area contributed by atoms with E-state index < -0.39 is 11.2 Å². The fraction of sp³-hybridized carbons (Fsp3) is 0.500. The van der Waals surface area contributed by atoms with Crippen LogP contribution in [0.15, 0.2) is 41.3 Å². The first-order valence-electron chi connectivity index (χ1n) is 13.2. The van der Waals surface area contributed by atoms with Crippen molar-refractivity contribution in [1.29, 1.82) is 5.41 Å². The molecule has 2 aromatic rings. The van der Waals surface area contributed by atoms with Gasteiger partial charge in [-0.05, 0) is 50.5 Å². The molecular weight excluding hydrogens is 500 g/mol. The summed E-state index contributed by atoms with van der Waals surface area (Å²) in [6.45, 7) is 7.38. The summed E-state index contributed by atoms with van der Waals surface area (Å²) in [4.78, 5) is 47.5. The summed E-state index contributed by atoms with van der Waals surface area (Å²) in [7, 11) is 0. The molecule has 0 aliphatic carbocycles. The second-order valence-electron chi connectivity index (χ2n) is 10.7. The average Bonchev–Trinajstić information content (AvgIpc) is 2.89. The van der Waals surface area contributed by atoms with E-state index in [4.69, 9.17) is 16.9 Å². The Morgan fingerprint density at radius 1 is 1.08 bits per heavy atom. The van der Waals surface area contributed by atoms with Crippen LogP contribution < -0.4 is 27.8 Å². The van der Waals surface area contributed by atoms with Crippen LogP contribution in [0.2, 0.25) is 0 Å². The van der Waals surface area contributed by atoms with Gasteiger partial charge >= 0.3 is 11.7 Å². The number of hydrogen-bond donors (Lipinski definition) is 5. The quantitative estimate of drug-likeness (QED) is 0.254. The summed E-state index contributed by atoms with van der Waals surface area (Å²) >= 11 is 0. The van der Waals surface area contributed by atoms with Crippen molar-refractivity contribution in [1.82, 2.24) is 29.6 Å². The molecule has 2 aliphatic heterocycles. The van der Waals surface area contributed by atoms with Crippen LogP contribution in [0.25, 0.3) is 5.69 Å². The summed E-state index contributed by atoms with van der Waals surface area (Å²) < 4.78 is 1.45. The van der Waals surface area contributed by atoms with Crippen LogP contribution in [-0.2, 0) is 11.3 Å². The molecule has 0 spiro atoms. The first kappa shape index (κ1) is 28.0. The second-order valence-corrected chi connectivity index (χ2v) is 10.7. The number of piperidine rings is 1. The number of rotatable bonds is 6. The lowest BCUT2D eigenvalue weighted by molar-refractivity contribution is -0.137. The summed E-state index contributed by atoms with van der Waals surface area (Å²) in [6, 6.07) is 9.19. The highest BCUT2D eigenvalue weighted by Gasteiger charge is 2.31. The summed E-state index contributed by atoms with van der Waals surface area (Å²) in [5.74, 6) is 0.0262. The number of amides is 3. The Morgan fingerprint density at radius 2 is 1.74 bits per heavy atom. The van der Waals surface area contributed by atoms with Crippen LogP contribution in [0.4, 0.5) is 10.6 Å². The number of nitrogens with two attached hydrogens (primary N) is 2. The molecule has 1 aromatic carbocycles. The Kier molecular flexibility index (Phi) is 8.51. The Bertz CT molecular complexity index is 1260. The molecule has 210 valence electrons. The topological polar surface area (TPSA) is 179 Å². The van der Waals surface area contributed by atoms with Crippen molar-refractivity contribution >= 4 is 23.7 Å². The molecule has 0 bridgehead atoms. The maximum atomic E-state index is 12.8. The lowest BCUT2D eigenvalue weighted by Crippen LogP contribution is -2.58. The number of likely N-dealkylation sites (tertiary alicyclic amines) is 1. The molecule has 2 saturated heterocycles. The lowest BCUT2D eigenvalue weighted by atomic mass is 10.0. The zero-order valence-corrected chi connectivity index (χ0v) is 22.5. The third-order valence-corrected chi connectivity index (χ3v) is 6.99. The molecule has 0 unspecified atom stereocenters. The molecule has 13 nitrogen and oxygen atoms in total. The molecule has 1 aromatic heterocycles. The fourth-order valence-corrected chi connectivity index (χ4v) is 4.90. The van der Waals surface area contributed by atoms with Gasteiger partial charge in [0.1, 0.15) is 5.82 Å². The van der Waals surface area contributed by atoms with Crippen molar-refractivity contribution in [2.24, 2.45) is 11.5 Å². The maximum absolute atomic E-state index is 12.8. The van der Waals surface area contributed by atoms with Gasteiger partial charge in [-0.15, -0.1) is 0 Å². The van der Waals surface area contributed by atoms with Crippen molar-refractivity contribution in [2.75, 3.05) is 44.6 Å². The number of carbonyl (C=O) groups is 2. The predicted molar refractivity (Wildman–Crippen MR) is 149 cm³/mol. The Morgan fingerprint density at radius 3 is 2.36 bits per heavy atom. The summed E-state index contributed by atoms with van der Waals surface area (Å²) in [5, 5.41) is 13.1. The van der Waals surface area contributed by atoms with E-state index in [0.717, 1.165) is 38.0 Å². The van der Waals surface area contributed by atoms with Crippen LogP contribution in [0.3, 0.4) is 0 Å². The molecule has 2 fully saturated rings. The van der Waals surface area contributed by atoms with Crippen molar-refractivity contribution in [3.05, 3.63) is 52.6 Å². The smallest absolute Gasteiger partial charge is 0.354 e. The van der Waals surface area contributed by atoms with Crippen LogP contribution in [0.5, 0.6) is 0 Å². The number of carbonyl (C=O) groups excluding carboxylic acids is 2. The van der Waals surface area contributed by atoms with Gasteiger partial charge < -0.3 is 26.6 Å². The highest BCUT2D eigenvalue weighted by Crippen LogP contribution is 2.16. The minimum atomic E-state index is -0.955. The number of aromatic nitrogens is 2. The first-order chi connectivity index (χ1) is 18.5. The van der Waals surface area contributed by atoms with E-state index in [0.29, 0.717) is 31.9 Å². The number of hydrogen-bond acceptors (Lipinski definition) is 7. The molecule has 2 aliphatic rings. The monoisotopic (exact) mass is 538 g/mol. The highest BCUT2D eigenvalue weighted by atomic mass is 16.2. The fourth-order valence-electron chi connectivity index (χ4n) is 4.90. The normalized spacial score (nSPS) is 17.1. The molecule has 3 amide bonds. The summed E-state index contributed by atoms with van der Waals surface area (Å²) in [5.41, 5.74) is 11.7. The van der Waals surface area contributed by atoms with Crippen LogP contribution in [0, 0.1) is 5.41 Å². The Labute approximate surface area is 227 Å². The molecule has 0 atom stereocenters. The van der Waals surface area contributed by atoms with Crippen LogP contribution >= 0.6 is 0 Å². The van der Waals surface area contributed by atoms with Gasteiger partial charge in [-0.25, -0.2) is 9.59 Å². The van der Waals surface area contributed by atoms with Gasteiger partial charge in [0.2, 0.25) is 5.91 Å². The largest absolute Gasteiger partial charge is 0.370 e. The predicted octanol–water partition coefficient (Wildman–Crippen LogP) is 0.0934. The van der Waals surface area contributed by atoms with Gasteiger partial charge in [0.05, 0.1) is 11.2 Å². The Hall–Kier alpha value is -3.97. The van der Waals surface area contributed by atoms with E-state index in [1.165, 1.54) is 4.57 Å². The van der Waals surface area contributed by atoms with Crippen LogP contribution in [0.1, 0.15) is 32.3 Å². The van der Waals surface area contributed by atoms with Crippen molar-refractivity contribution in [2.45, 2.75) is 44.8 Å². The average molecular weight is 539 g/mol. The number of guanidine groups is 1. The number of piperazine rings is 1. The minimum Gasteiger partial charge on any atom is -0.370 e. The molecule has 3 heterocycles. The van der Waals surface area contributed by atoms with Crippen molar-refractivity contribution in [3.63, 3.8) is 0 Å². The first-order valence-corrected chi connectivity index (χ1v) is 13.2.